The fourth-order valence-corrected chi connectivity index (χ4v) is 3.70. The van der Waals surface area contributed by atoms with Gasteiger partial charge in [0.15, 0.2) is 0 Å². The topological polar surface area (TPSA) is 9.72 Å². The van der Waals surface area contributed by atoms with Crippen molar-refractivity contribution in [2.24, 2.45) is 0 Å². The van der Waals surface area contributed by atoms with Gasteiger partial charge in [-0.15, -0.1) is 0 Å². The van der Waals surface area contributed by atoms with Gasteiger partial charge >= 0.3 is 0 Å². The van der Waals surface area contributed by atoms with Crippen molar-refractivity contribution in [2.75, 3.05) is 33.2 Å². The number of rotatable bonds is 1. The van der Waals surface area contributed by atoms with Crippen LogP contribution in [-0.2, 0) is 0 Å². The summed E-state index contributed by atoms with van der Waals surface area (Å²) in [4.78, 5) is 7.93. The fraction of sp³-hybridized carbons (Fsp3) is 1.00. The molecule has 3 nitrogen and oxygen atoms in total. The van der Waals surface area contributed by atoms with Crippen LogP contribution >= 0.6 is 0 Å². The number of piperidine rings is 1. The molecule has 2 atom stereocenters. The molecule has 0 radical (unpaired) electrons. The number of nitrogens with zero attached hydrogens (tertiary/aromatic N) is 3. The predicted octanol–water partition coefficient (Wildman–Crippen LogP) is 2.27. The third kappa shape index (κ3) is 3.50. The zero-order chi connectivity index (χ0) is 14.2. The normalized spacial score (nSPS) is 33.8. The average Bonchev–Trinajstić information content (AvgIpc) is 2.33. The van der Waals surface area contributed by atoms with Gasteiger partial charge in [-0.25, -0.2) is 0 Å². The van der Waals surface area contributed by atoms with Crippen LogP contribution in [0.3, 0.4) is 0 Å². The van der Waals surface area contributed by atoms with Crippen LogP contribution in [0.4, 0.5) is 0 Å². The highest BCUT2D eigenvalue weighted by atomic mass is 15.3. The van der Waals surface area contributed by atoms with E-state index in [0.29, 0.717) is 17.6 Å². The summed E-state index contributed by atoms with van der Waals surface area (Å²) in [5, 5.41) is 0. The molecule has 2 rings (SSSR count). The summed E-state index contributed by atoms with van der Waals surface area (Å²) in [7, 11) is 2.26. The Morgan fingerprint density at radius 2 is 1.47 bits per heavy atom. The van der Waals surface area contributed by atoms with Crippen molar-refractivity contribution in [3.8, 4) is 0 Å². The molecule has 0 spiro atoms. The molecular weight excluding hydrogens is 234 g/mol. The Morgan fingerprint density at radius 3 is 2.00 bits per heavy atom. The molecule has 19 heavy (non-hydrogen) atoms. The van der Waals surface area contributed by atoms with Crippen molar-refractivity contribution in [1.82, 2.24) is 14.7 Å². The van der Waals surface area contributed by atoms with Crippen molar-refractivity contribution in [3.63, 3.8) is 0 Å². The Morgan fingerprint density at radius 1 is 0.895 bits per heavy atom. The summed E-state index contributed by atoms with van der Waals surface area (Å²) in [6.07, 6.45) is 2.69. The van der Waals surface area contributed by atoms with Gasteiger partial charge in [0.1, 0.15) is 0 Å². The highest BCUT2D eigenvalue weighted by Gasteiger charge is 2.35. The van der Waals surface area contributed by atoms with Crippen molar-refractivity contribution < 1.29 is 0 Å². The third-order valence-corrected chi connectivity index (χ3v) is 5.23. The molecule has 0 N–H and O–H groups in total. The zero-order valence-electron chi connectivity index (χ0n) is 13.8. The van der Waals surface area contributed by atoms with E-state index >= 15 is 0 Å². The second kappa shape index (κ2) is 5.71. The minimum absolute atomic E-state index is 0.339. The predicted molar refractivity (Wildman–Crippen MR) is 82.6 cm³/mol. The maximum Gasteiger partial charge on any atom is 0.0198 e. The maximum absolute atomic E-state index is 2.78. The zero-order valence-corrected chi connectivity index (χ0v) is 13.8. The van der Waals surface area contributed by atoms with E-state index in [0.717, 1.165) is 6.04 Å². The molecule has 2 saturated heterocycles. The lowest BCUT2D eigenvalue weighted by Gasteiger charge is -2.49. The van der Waals surface area contributed by atoms with Crippen LogP contribution in [-0.4, -0.2) is 71.6 Å². The largest absolute Gasteiger partial charge is 0.301 e. The van der Waals surface area contributed by atoms with Crippen molar-refractivity contribution in [2.45, 2.75) is 71.1 Å². The fourth-order valence-electron chi connectivity index (χ4n) is 3.70. The third-order valence-electron chi connectivity index (χ3n) is 5.23. The van der Waals surface area contributed by atoms with Gasteiger partial charge in [0, 0.05) is 49.8 Å². The lowest BCUT2D eigenvalue weighted by molar-refractivity contribution is -0.00724. The molecule has 0 aromatic carbocycles. The molecule has 112 valence electrons. The molecule has 2 heterocycles. The maximum atomic E-state index is 2.78. The molecular formula is C16H33N3. The standard InChI is InChI=1S/C16H33N3/c1-13-12-19(14(2)11-17(13)6)15-7-9-18(10-8-15)16(3,4)5/h13-15H,7-12H2,1-6H3/t13-,14-/m0/s1. The van der Waals surface area contributed by atoms with Gasteiger partial charge in [-0.05, 0) is 54.5 Å². The number of likely N-dealkylation sites (tertiary alicyclic amines) is 1. The first-order valence-corrected chi connectivity index (χ1v) is 8.00. The van der Waals surface area contributed by atoms with Crippen LogP contribution in [0, 0.1) is 0 Å². The molecule has 0 aromatic rings. The molecule has 0 aromatic heterocycles. The molecule has 3 heteroatoms. The SMILES string of the molecule is C[C@H]1CN(C2CCN(C(C)(C)C)CC2)[C@@H](C)CN1C. The summed E-state index contributed by atoms with van der Waals surface area (Å²) in [6, 6.07) is 2.23. The summed E-state index contributed by atoms with van der Waals surface area (Å²) in [5.41, 5.74) is 0.339. The Hall–Kier alpha value is -0.120. The summed E-state index contributed by atoms with van der Waals surface area (Å²) < 4.78 is 0. The Balaban J connectivity index is 1.91. The van der Waals surface area contributed by atoms with Gasteiger partial charge in [0.25, 0.3) is 0 Å². The molecule has 0 aliphatic carbocycles. The van der Waals surface area contributed by atoms with E-state index in [1.807, 2.05) is 0 Å². The van der Waals surface area contributed by atoms with Gasteiger partial charge in [0.05, 0.1) is 0 Å². The van der Waals surface area contributed by atoms with Gasteiger partial charge in [-0.1, -0.05) is 0 Å². The first-order chi connectivity index (χ1) is 8.79. The van der Waals surface area contributed by atoms with Crippen molar-refractivity contribution >= 4 is 0 Å². The highest BCUT2D eigenvalue weighted by Crippen LogP contribution is 2.26. The summed E-state index contributed by atoms with van der Waals surface area (Å²) >= 11 is 0. The first-order valence-electron chi connectivity index (χ1n) is 8.00. The van der Waals surface area contributed by atoms with Crippen LogP contribution in [0.25, 0.3) is 0 Å². The molecule has 2 fully saturated rings. The molecule has 0 amide bonds. The average molecular weight is 267 g/mol. The minimum Gasteiger partial charge on any atom is -0.301 e. The smallest absolute Gasteiger partial charge is 0.0198 e. The van der Waals surface area contributed by atoms with Crippen molar-refractivity contribution in [3.05, 3.63) is 0 Å². The summed E-state index contributed by atoms with van der Waals surface area (Å²) in [5.74, 6) is 0. The van der Waals surface area contributed by atoms with Crippen LogP contribution in [0.1, 0.15) is 47.5 Å². The van der Waals surface area contributed by atoms with Crippen LogP contribution < -0.4 is 0 Å². The molecule has 0 unspecified atom stereocenters. The van der Waals surface area contributed by atoms with E-state index in [-0.39, 0.29) is 0 Å². The Bertz CT molecular complexity index is 289. The van der Waals surface area contributed by atoms with E-state index in [4.69, 9.17) is 0 Å². The second-order valence-electron chi connectivity index (χ2n) is 7.72. The monoisotopic (exact) mass is 267 g/mol. The lowest BCUT2D eigenvalue weighted by atomic mass is 9.95. The Kier molecular flexibility index (Phi) is 4.59. The van der Waals surface area contributed by atoms with E-state index in [2.05, 4.69) is 56.4 Å². The van der Waals surface area contributed by atoms with Gasteiger partial charge < -0.3 is 4.90 Å². The Labute approximate surface area is 119 Å². The van der Waals surface area contributed by atoms with E-state index in [1.54, 1.807) is 0 Å². The lowest BCUT2D eigenvalue weighted by Crippen LogP contribution is -2.60. The van der Waals surface area contributed by atoms with Gasteiger partial charge in [-0.2, -0.15) is 0 Å². The van der Waals surface area contributed by atoms with Crippen LogP contribution in [0.5, 0.6) is 0 Å². The molecule has 2 aliphatic heterocycles. The number of hydrogen-bond acceptors (Lipinski definition) is 3. The molecule has 0 saturated carbocycles. The van der Waals surface area contributed by atoms with Gasteiger partial charge in [-0.3, -0.25) is 9.80 Å². The number of likely N-dealkylation sites (N-methyl/N-ethyl adjacent to an activating group) is 1. The molecule has 2 aliphatic rings. The van der Waals surface area contributed by atoms with Crippen molar-refractivity contribution in [1.29, 1.82) is 0 Å². The van der Waals surface area contributed by atoms with E-state index < -0.39 is 0 Å². The quantitative estimate of drug-likeness (QED) is 0.721. The van der Waals surface area contributed by atoms with Crippen LogP contribution in [0.15, 0.2) is 0 Å². The van der Waals surface area contributed by atoms with E-state index in [9.17, 15) is 0 Å². The van der Waals surface area contributed by atoms with Gasteiger partial charge in [0.2, 0.25) is 0 Å². The second-order valence-corrected chi connectivity index (χ2v) is 7.72. The number of hydrogen-bond donors (Lipinski definition) is 0. The molecule has 0 bridgehead atoms. The summed E-state index contributed by atoms with van der Waals surface area (Å²) in [6.45, 7) is 16.8. The first kappa shape index (κ1) is 15.3. The van der Waals surface area contributed by atoms with E-state index in [1.165, 1.54) is 39.0 Å². The van der Waals surface area contributed by atoms with Crippen LogP contribution in [0.2, 0.25) is 0 Å². The minimum atomic E-state index is 0.339. The number of piperazine rings is 1. The highest BCUT2D eigenvalue weighted by molar-refractivity contribution is 4.91.